The molecule has 3 heterocycles. The lowest BCUT2D eigenvalue weighted by molar-refractivity contribution is -0.184. The fraction of sp³-hybridized carbons (Fsp3) is 0.875. The Morgan fingerprint density at radius 2 is 1.87 bits per heavy atom. The number of rotatable bonds is 1. The highest BCUT2D eigenvalue weighted by atomic mass is 16.6. The zero-order chi connectivity index (χ0) is 21.6. The highest BCUT2D eigenvalue weighted by molar-refractivity contribution is 5.89. The average Bonchev–Trinajstić information content (AvgIpc) is 3.59. The second kappa shape index (κ2) is 5.19. The zero-order valence-corrected chi connectivity index (χ0v) is 18.4. The SMILES string of the molecule is COC(=O)[C@@H]1CC23O[C@H]2C(=O)CC[C@]3(C)[C@@]23O[C@@H]2C[C@@]2(C)C(CCC24CCC(=O)O4)C13. The topological polar surface area (TPSA) is 94.7 Å². The number of hydrogen-bond donors (Lipinski definition) is 0. The summed E-state index contributed by atoms with van der Waals surface area (Å²) in [6, 6.07) is 0. The first-order valence-electron chi connectivity index (χ1n) is 11.9. The molecule has 3 spiro atoms. The van der Waals surface area contributed by atoms with Gasteiger partial charge in [0, 0.05) is 29.6 Å². The summed E-state index contributed by atoms with van der Waals surface area (Å²) in [4.78, 5) is 37.9. The van der Waals surface area contributed by atoms with Crippen molar-refractivity contribution in [3.05, 3.63) is 0 Å². The van der Waals surface area contributed by atoms with Crippen molar-refractivity contribution < 1.29 is 33.3 Å². The van der Waals surface area contributed by atoms with Gasteiger partial charge in [-0.15, -0.1) is 0 Å². The van der Waals surface area contributed by atoms with E-state index in [0.29, 0.717) is 19.3 Å². The third-order valence-electron chi connectivity index (χ3n) is 11.2. The van der Waals surface area contributed by atoms with Crippen molar-refractivity contribution in [1.29, 1.82) is 0 Å². The first-order chi connectivity index (χ1) is 14.7. The highest BCUT2D eigenvalue weighted by Crippen LogP contribution is 2.82. The van der Waals surface area contributed by atoms with E-state index >= 15 is 0 Å². The Bertz CT molecular complexity index is 946. The number of carbonyl (C=O) groups excluding carboxylic acids is 3. The molecule has 0 amide bonds. The second-order valence-electron chi connectivity index (χ2n) is 11.7. The predicted octanol–water partition coefficient (Wildman–Crippen LogP) is 2.34. The van der Waals surface area contributed by atoms with Crippen LogP contribution < -0.4 is 0 Å². The van der Waals surface area contributed by atoms with Gasteiger partial charge in [0.1, 0.15) is 22.9 Å². The van der Waals surface area contributed by atoms with E-state index in [0.717, 1.165) is 32.1 Å². The van der Waals surface area contributed by atoms with E-state index in [2.05, 4.69) is 13.8 Å². The molecule has 10 atom stereocenters. The van der Waals surface area contributed by atoms with Crippen molar-refractivity contribution in [3.8, 4) is 0 Å². The quantitative estimate of drug-likeness (QED) is 0.465. The summed E-state index contributed by atoms with van der Waals surface area (Å²) < 4.78 is 24.2. The fourth-order valence-corrected chi connectivity index (χ4v) is 9.63. The van der Waals surface area contributed by atoms with Crippen LogP contribution in [0.4, 0.5) is 0 Å². The lowest BCUT2D eigenvalue weighted by Gasteiger charge is -2.59. The van der Waals surface area contributed by atoms with Crippen LogP contribution >= 0.6 is 0 Å². The Balaban J connectivity index is 1.37. The minimum Gasteiger partial charge on any atom is -0.469 e. The van der Waals surface area contributed by atoms with Crippen molar-refractivity contribution in [2.75, 3.05) is 7.11 Å². The normalized spacial score (nSPS) is 60.3. The third kappa shape index (κ3) is 1.77. The molecule has 7 aliphatic rings. The molecule has 7 nitrogen and oxygen atoms in total. The van der Waals surface area contributed by atoms with Crippen molar-refractivity contribution in [3.63, 3.8) is 0 Å². The van der Waals surface area contributed by atoms with Gasteiger partial charge in [-0.2, -0.15) is 0 Å². The summed E-state index contributed by atoms with van der Waals surface area (Å²) in [6.07, 6.45) is 5.22. The molecule has 4 unspecified atom stereocenters. The lowest BCUT2D eigenvalue weighted by Crippen LogP contribution is -2.68. The smallest absolute Gasteiger partial charge is 0.309 e. The van der Waals surface area contributed by atoms with Crippen LogP contribution in [-0.2, 0) is 33.3 Å². The van der Waals surface area contributed by atoms with Gasteiger partial charge >= 0.3 is 11.9 Å². The molecule has 7 rings (SSSR count). The maximum atomic E-state index is 13.2. The molecule has 4 aliphatic carbocycles. The van der Waals surface area contributed by atoms with E-state index in [4.69, 9.17) is 18.9 Å². The minimum atomic E-state index is -0.601. The number of methoxy groups -OCH3 is 1. The molecule has 4 saturated carbocycles. The fourth-order valence-electron chi connectivity index (χ4n) is 9.63. The molecule has 0 bridgehead atoms. The van der Waals surface area contributed by atoms with Crippen molar-refractivity contribution >= 4 is 17.7 Å². The van der Waals surface area contributed by atoms with Gasteiger partial charge in [0.2, 0.25) is 0 Å². The molecule has 0 aromatic rings. The number of ether oxygens (including phenoxy) is 4. The van der Waals surface area contributed by atoms with Crippen LogP contribution in [0.25, 0.3) is 0 Å². The molecule has 0 aromatic heterocycles. The number of esters is 2. The Kier molecular flexibility index (Phi) is 3.19. The molecule has 3 aliphatic heterocycles. The molecule has 3 saturated heterocycles. The Morgan fingerprint density at radius 3 is 2.58 bits per heavy atom. The maximum absolute atomic E-state index is 13.2. The van der Waals surface area contributed by atoms with E-state index in [9.17, 15) is 14.4 Å². The van der Waals surface area contributed by atoms with Gasteiger partial charge in [-0.3, -0.25) is 14.4 Å². The van der Waals surface area contributed by atoms with Crippen LogP contribution in [-0.4, -0.2) is 53.8 Å². The standard InChI is InChI=1S/C24H30O7/c1-20-11-15-24(29-15)17(13(20)4-8-22(20)9-6-16(26)30-22)12(19(27)28-3)10-23-18(31-23)14(25)5-7-21(23,24)2/h12-13,15,17-18H,4-11H2,1-3H3/t12-,13?,15-,17?,18+,20+,21+,22?,23?,24-/m1/s1. The average molecular weight is 430 g/mol. The van der Waals surface area contributed by atoms with E-state index < -0.39 is 22.9 Å². The van der Waals surface area contributed by atoms with E-state index in [-0.39, 0.29) is 52.4 Å². The van der Waals surface area contributed by atoms with Crippen molar-refractivity contribution in [1.82, 2.24) is 0 Å². The van der Waals surface area contributed by atoms with Gasteiger partial charge in [0.15, 0.2) is 5.78 Å². The monoisotopic (exact) mass is 430 g/mol. The van der Waals surface area contributed by atoms with Gasteiger partial charge in [-0.1, -0.05) is 13.8 Å². The summed E-state index contributed by atoms with van der Waals surface area (Å²) in [6.45, 7) is 4.50. The van der Waals surface area contributed by atoms with Gasteiger partial charge in [-0.25, -0.2) is 0 Å². The second-order valence-corrected chi connectivity index (χ2v) is 11.7. The molecule has 31 heavy (non-hydrogen) atoms. The summed E-state index contributed by atoms with van der Waals surface area (Å²) in [5, 5.41) is 0. The van der Waals surface area contributed by atoms with Crippen LogP contribution in [0.15, 0.2) is 0 Å². The molecule has 168 valence electrons. The predicted molar refractivity (Wildman–Crippen MR) is 105 cm³/mol. The minimum absolute atomic E-state index is 0.000380. The molecule has 0 N–H and O–H groups in total. The maximum Gasteiger partial charge on any atom is 0.309 e. The number of epoxide rings is 2. The number of ketones is 1. The number of fused-ring (bicyclic) bond motifs is 3. The molecule has 7 heteroatoms. The van der Waals surface area contributed by atoms with E-state index in [1.165, 1.54) is 7.11 Å². The first-order valence-corrected chi connectivity index (χ1v) is 11.9. The summed E-state index contributed by atoms with van der Waals surface area (Å²) in [7, 11) is 1.44. The lowest BCUT2D eigenvalue weighted by atomic mass is 9.41. The zero-order valence-electron chi connectivity index (χ0n) is 18.4. The molecule has 0 aromatic carbocycles. The van der Waals surface area contributed by atoms with Gasteiger partial charge in [0.05, 0.1) is 19.1 Å². The highest BCUT2D eigenvalue weighted by Gasteiger charge is 2.91. The van der Waals surface area contributed by atoms with Crippen molar-refractivity contribution in [2.24, 2.45) is 28.6 Å². The summed E-state index contributed by atoms with van der Waals surface area (Å²) in [5.74, 6) is -0.325. The van der Waals surface area contributed by atoms with Crippen molar-refractivity contribution in [2.45, 2.75) is 94.2 Å². The first kappa shape index (κ1) is 19.0. The Hall–Kier alpha value is -1.47. The number of carbonyl (C=O) groups is 3. The number of Topliss-reactive ketones (excluding diaryl/α,β-unsaturated/α-hetero) is 1. The number of hydrogen-bond acceptors (Lipinski definition) is 7. The van der Waals surface area contributed by atoms with E-state index in [1.54, 1.807) is 0 Å². The third-order valence-corrected chi connectivity index (χ3v) is 11.2. The molecular weight excluding hydrogens is 400 g/mol. The van der Waals surface area contributed by atoms with Crippen LogP contribution in [0.5, 0.6) is 0 Å². The van der Waals surface area contributed by atoms with E-state index in [1.807, 2.05) is 0 Å². The largest absolute Gasteiger partial charge is 0.469 e. The van der Waals surface area contributed by atoms with Gasteiger partial charge in [-0.05, 0) is 44.4 Å². The van der Waals surface area contributed by atoms with Crippen LogP contribution in [0.2, 0.25) is 0 Å². The van der Waals surface area contributed by atoms with Gasteiger partial charge < -0.3 is 18.9 Å². The van der Waals surface area contributed by atoms with Gasteiger partial charge in [0.25, 0.3) is 0 Å². The molecule has 0 radical (unpaired) electrons. The Labute approximate surface area is 181 Å². The molecule has 7 fully saturated rings. The summed E-state index contributed by atoms with van der Waals surface area (Å²) >= 11 is 0. The van der Waals surface area contributed by atoms with Crippen LogP contribution in [0, 0.1) is 28.6 Å². The Morgan fingerprint density at radius 1 is 1.06 bits per heavy atom. The summed E-state index contributed by atoms with van der Waals surface area (Å²) in [5.41, 5.74) is -2.00. The van der Waals surface area contributed by atoms with Crippen LogP contribution in [0.3, 0.4) is 0 Å². The molecular formula is C24H30O7. The van der Waals surface area contributed by atoms with Crippen LogP contribution in [0.1, 0.15) is 65.2 Å².